The predicted molar refractivity (Wildman–Crippen MR) is 83.4 cm³/mol. The summed E-state index contributed by atoms with van der Waals surface area (Å²) in [4.78, 5) is 0. The molecule has 5 heteroatoms. The number of aryl methyl sites for hydroxylation is 2. The first-order valence-corrected chi connectivity index (χ1v) is 7.20. The van der Waals surface area contributed by atoms with E-state index >= 15 is 0 Å². The monoisotopic (exact) mass is 319 g/mol. The normalized spacial score (nSPS) is 11.9. The first kappa shape index (κ1) is 15.5. The maximum absolute atomic E-state index is 13.0. The van der Waals surface area contributed by atoms with Gasteiger partial charge in [0.15, 0.2) is 0 Å². The molecule has 0 aliphatic rings. The molecule has 0 unspecified atom stereocenters. The van der Waals surface area contributed by atoms with Crippen LogP contribution in [0, 0.1) is 6.92 Å². The molecule has 0 N–H and O–H groups in total. The molecule has 3 aromatic rings. The van der Waals surface area contributed by atoms with E-state index in [0.29, 0.717) is 0 Å². The molecule has 0 spiro atoms. The van der Waals surface area contributed by atoms with Crippen LogP contribution < -0.4 is 4.74 Å². The number of fused-ring (bicyclic) bond motifs is 1. The van der Waals surface area contributed by atoms with Crippen LogP contribution >= 0.6 is 0 Å². The van der Waals surface area contributed by atoms with E-state index in [2.05, 4.69) is 0 Å². The van der Waals surface area contributed by atoms with Crippen LogP contribution in [0.1, 0.15) is 16.8 Å². The molecule has 2 aromatic carbocycles. The van der Waals surface area contributed by atoms with Crippen molar-refractivity contribution in [2.24, 2.45) is 7.05 Å². The van der Waals surface area contributed by atoms with E-state index in [0.717, 1.165) is 28.2 Å². The van der Waals surface area contributed by atoms with Gasteiger partial charge in [0.2, 0.25) is 0 Å². The number of hydrogen-bond donors (Lipinski definition) is 0. The molecule has 120 valence electrons. The Morgan fingerprint density at radius 2 is 1.78 bits per heavy atom. The zero-order valence-electron chi connectivity index (χ0n) is 12.8. The highest BCUT2D eigenvalue weighted by atomic mass is 19.4. The van der Waals surface area contributed by atoms with Gasteiger partial charge in [0.05, 0.1) is 11.3 Å². The maximum Gasteiger partial charge on any atom is 0.419 e. The van der Waals surface area contributed by atoms with Gasteiger partial charge in [-0.15, -0.1) is 0 Å². The Balaban J connectivity index is 1.89. The predicted octanol–water partition coefficient (Wildman–Crippen LogP) is 5.08. The molecule has 2 nitrogen and oxygen atoms in total. The van der Waals surface area contributed by atoms with Gasteiger partial charge in [-0.3, -0.25) is 0 Å². The fraction of sp³-hybridized carbons (Fsp3) is 0.222. The molecule has 0 aliphatic carbocycles. The Kier molecular flexibility index (Phi) is 3.80. The average Bonchev–Trinajstić information content (AvgIpc) is 2.80. The summed E-state index contributed by atoms with van der Waals surface area (Å²) in [6, 6.07) is 13.3. The molecule has 0 saturated heterocycles. The smallest absolute Gasteiger partial charge is 0.419 e. The lowest BCUT2D eigenvalue weighted by atomic mass is 10.2. The number of alkyl halides is 3. The second-order valence-electron chi connectivity index (χ2n) is 5.54. The van der Waals surface area contributed by atoms with Crippen molar-refractivity contribution < 1.29 is 17.9 Å². The van der Waals surface area contributed by atoms with Gasteiger partial charge in [0.1, 0.15) is 12.4 Å². The number of ether oxygens (including phenoxy) is 1. The Labute approximate surface area is 132 Å². The summed E-state index contributed by atoms with van der Waals surface area (Å²) >= 11 is 0. The third-order valence-electron chi connectivity index (χ3n) is 3.87. The van der Waals surface area contributed by atoms with Crippen molar-refractivity contribution in [3.05, 3.63) is 65.4 Å². The summed E-state index contributed by atoms with van der Waals surface area (Å²) in [5, 5.41) is 1.05. The van der Waals surface area contributed by atoms with E-state index in [1.54, 1.807) is 0 Å². The average molecular weight is 319 g/mol. The lowest BCUT2D eigenvalue weighted by Crippen LogP contribution is -2.09. The molecule has 1 aromatic heterocycles. The zero-order valence-corrected chi connectivity index (χ0v) is 12.8. The van der Waals surface area contributed by atoms with Crippen molar-refractivity contribution >= 4 is 10.9 Å². The summed E-state index contributed by atoms with van der Waals surface area (Å²) in [6.07, 6.45) is -4.42. The largest absolute Gasteiger partial charge is 0.487 e. The van der Waals surface area contributed by atoms with Gasteiger partial charge in [-0.25, -0.2) is 0 Å². The minimum Gasteiger partial charge on any atom is -0.487 e. The second kappa shape index (κ2) is 5.65. The van der Waals surface area contributed by atoms with Gasteiger partial charge < -0.3 is 9.30 Å². The lowest BCUT2D eigenvalue weighted by molar-refractivity contribution is -0.139. The molecule has 0 fully saturated rings. The lowest BCUT2D eigenvalue weighted by Gasteiger charge is -2.14. The molecule has 1 heterocycles. The van der Waals surface area contributed by atoms with Gasteiger partial charge in [-0.1, -0.05) is 23.8 Å². The summed E-state index contributed by atoms with van der Waals surface area (Å²) in [7, 11) is 1.88. The Hall–Kier alpha value is -2.43. The van der Waals surface area contributed by atoms with Crippen molar-refractivity contribution in [1.29, 1.82) is 0 Å². The molecule has 23 heavy (non-hydrogen) atoms. The minimum atomic E-state index is -4.42. The SMILES string of the molecule is Cc1ccc2c(c1)cc(COc1ccccc1C(F)(F)F)n2C. The second-order valence-corrected chi connectivity index (χ2v) is 5.54. The number of aromatic nitrogens is 1. The third-order valence-corrected chi connectivity index (χ3v) is 3.87. The molecule has 0 radical (unpaired) electrons. The number of halogens is 3. The number of nitrogens with zero attached hydrogens (tertiary/aromatic N) is 1. The van der Waals surface area contributed by atoms with Crippen molar-refractivity contribution in [1.82, 2.24) is 4.57 Å². The topological polar surface area (TPSA) is 14.2 Å². The van der Waals surface area contributed by atoms with Crippen molar-refractivity contribution in [3.63, 3.8) is 0 Å². The molecule has 0 atom stereocenters. The highest BCUT2D eigenvalue weighted by Crippen LogP contribution is 2.36. The number of rotatable bonds is 3. The van der Waals surface area contributed by atoms with Gasteiger partial charge in [-0.05, 0) is 37.3 Å². The molecule has 0 bridgehead atoms. The summed E-state index contributed by atoms with van der Waals surface area (Å²) < 4.78 is 46.3. The van der Waals surface area contributed by atoms with E-state index in [-0.39, 0.29) is 12.4 Å². The van der Waals surface area contributed by atoms with Crippen molar-refractivity contribution in [2.45, 2.75) is 19.7 Å². The van der Waals surface area contributed by atoms with Crippen LogP contribution in [0.3, 0.4) is 0 Å². The van der Waals surface area contributed by atoms with Crippen LogP contribution in [0.4, 0.5) is 13.2 Å². The standard InChI is InChI=1S/C18H16F3NO/c1-12-7-8-16-13(9-12)10-14(22(16)2)11-23-17-6-4-3-5-15(17)18(19,20)21/h3-10H,11H2,1-2H3. The molecular formula is C18H16F3NO. The van der Waals surface area contributed by atoms with E-state index in [9.17, 15) is 13.2 Å². The molecular weight excluding hydrogens is 303 g/mol. The van der Waals surface area contributed by atoms with E-state index in [4.69, 9.17) is 4.74 Å². The molecule has 0 saturated carbocycles. The summed E-state index contributed by atoms with van der Waals surface area (Å²) in [6.45, 7) is 2.08. The Bertz CT molecular complexity index is 849. The van der Waals surface area contributed by atoms with Crippen LogP contribution in [0.2, 0.25) is 0 Å². The third kappa shape index (κ3) is 3.04. The quantitative estimate of drug-likeness (QED) is 0.656. The highest BCUT2D eigenvalue weighted by Gasteiger charge is 2.34. The highest BCUT2D eigenvalue weighted by molar-refractivity contribution is 5.82. The molecule has 3 rings (SSSR count). The van der Waals surface area contributed by atoms with Crippen molar-refractivity contribution in [2.75, 3.05) is 0 Å². The van der Waals surface area contributed by atoms with Crippen LogP contribution in [0.25, 0.3) is 10.9 Å². The van der Waals surface area contributed by atoms with Gasteiger partial charge in [0, 0.05) is 18.0 Å². The van der Waals surface area contributed by atoms with E-state index in [1.165, 1.54) is 18.2 Å². The fourth-order valence-electron chi connectivity index (χ4n) is 2.64. The van der Waals surface area contributed by atoms with Crippen LogP contribution in [-0.2, 0) is 19.8 Å². The number of benzene rings is 2. The fourth-order valence-corrected chi connectivity index (χ4v) is 2.64. The van der Waals surface area contributed by atoms with Gasteiger partial charge >= 0.3 is 6.18 Å². The van der Waals surface area contributed by atoms with Gasteiger partial charge in [-0.2, -0.15) is 13.2 Å². The zero-order chi connectivity index (χ0) is 16.6. The van der Waals surface area contributed by atoms with Crippen LogP contribution in [0.5, 0.6) is 5.75 Å². The van der Waals surface area contributed by atoms with Gasteiger partial charge in [0.25, 0.3) is 0 Å². The number of hydrogen-bond acceptors (Lipinski definition) is 1. The Morgan fingerprint density at radius 3 is 2.52 bits per heavy atom. The van der Waals surface area contributed by atoms with Crippen molar-refractivity contribution in [3.8, 4) is 5.75 Å². The minimum absolute atomic E-state index is 0.0807. The first-order chi connectivity index (χ1) is 10.9. The first-order valence-electron chi connectivity index (χ1n) is 7.20. The maximum atomic E-state index is 13.0. The summed E-state index contributed by atoms with van der Waals surface area (Å²) in [5.41, 5.74) is 2.23. The van der Waals surface area contributed by atoms with Crippen LogP contribution in [0.15, 0.2) is 48.5 Å². The van der Waals surface area contributed by atoms with E-state index < -0.39 is 11.7 Å². The Morgan fingerprint density at radius 1 is 1.04 bits per heavy atom. The van der Waals surface area contributed by atoms with Crippen LogP contribution in [-0.4, -0.2) is 4.57 Å². The molecule has 0 aliphatic heterocycles. The summed E-state index contributed by atoms with van der Waals surface area (Å²) in [5.74, 6) is -0.151. The van der Waals surface area contributed by atoms with E-state index in [1.807, 2.05) is 42.8 Å². The molecule has 0 amide bonds. The number of para-hydroxylation sites is 1.